The zero-order chi connectivity index (χ0) is 30.8. The van der Waals surface area contributed by atoms with Crippen molar-refractivity contribution in [1.82, 2.24) is 14.5 Å². The van der Waals surface area contributed by atoms with E-state index in [0.29, 0.717) is 39.0 Å². The third-order valence-corrected chi connectivity index (χ3v) is 9.94. The van der Waals surface area contributed by atoms with Crippen molar-refractivity contribution in [1.29, 1.82) is 0 Å². The van der Waals surface area contributed by atoms with Gasteiger partial charge in [-0.3, -0.25) is 9.59 Å². The van der Waals surface area contributed by atoms with E-state index in [9.17, 15) is 18.0 Å². The maximum Gasteiger partial charge on any atom is 0.243 e. The van der Waals surface area contributed by atoms with Gasteiger partial charge in [-0.1, -0.05) is 103 Å². The first-order valence-corrected chi connectivity index (χ1v) is 16.6. The van der Waals surface area contributed by atoms with Crippen LogP contribution in [0, 0.1) is 0 Å². The fourth-order valence-corrected chi connectivity index (χ4v) is 7.05. The van der Waals surface area contributed by atoms with E-state index in [1.807, 2.05) is 91.0 Å². The minimum Gasteiger partial charge on any atom is -0.350 e. The Bertz CT molecular complexity index is 1610. The minimum atomic E-state index is -3.50. The largest absolute Gasteiger partial charge is 0.350 e. The quantitative estimate of drug-likeness (QED) is 0.221. The molecule has 0 aromatic heterocycles. The van der Waals surface area contributed by atoms with Gasteiger partial charge in [0.15, 0.2) is 0 Å². The first kappa shape index (κ1) is 31.2. The van der Waals surface area contributed by atoms with Gasteiger partial charge in [0.2, 0.25) is 21.8 Å². The van der Waals surface area contributed by atoms with Crippen molar-refractivity contribution in [2.45, 2.75) is 56.1 Å². The van der Waals surface area contributed by atoms with Crippen LogP contribution in [-0.2, 0) is 45.5 Å². The van der Waals surface area contributed by atoms with Crippen LogP contribution >= 0.6 is 0 Å². The molecule has 1 fully saturated rings. The predicted molar refractivity (Wildman–Crippen MR) is 172 cm³/mol. The Kier molecular flexibility index (Phi) is 10.6. The van der Waals surface area contributed by atoms with Crippen LogP contribution in [0.5, 0.6) is 0 Å². The van der Waals surface area contributed by atoms with Crippen molar-refractivity contribution in [3.63, 3.8) is 0 Å². The molecule has 1 heterocycles. The summed E-state index contributed by atoms with van der Waals surface area (Å²) in [4.78, 5) is 29.7. The number of carbonyl (C=O) groups excluding carboxylic acids is 2. The molecule has 7 nitrogen and oxygen atoms in total. The second-order valence-electron chi connectivity index (χ2n) is 11.2. The van der Waals surface area contributed by atoms with Crippen molar-refractivity contribution in [3.8, 4) is 0 Å². The van der Waals surface area contributed by atoms with Gasteiger partial charge in [0.25, 0.3) is 0 Å². The van der Waals surface area contributed by atoms with Crippen LogP contribution in [0.2, 0.25) is 0 Å². The molecule has 1 aliphatic rings. The number of carbonyl (C=O) groups is 2. The number of aryl methyl sites for hydroxylation is 1. The third kappa shape index (κ3) is 8.21. The Hall–Kier alpha value is -4.27. The highest BCUT2D eigenvalue weighted by Crippen LogP contribution is 2.22. The third-order valence-electron chi connectivity index (χ3n) is 8.03. The number of nitrogens with zero attached hydrogens (tertiary/aromatic N) is 2. The lowest BCUT2D eigenvalue weighted by Crippen LogP contribution is -2.50. The zero-order valence-corrected chi connectivity index (χ0v) is 25.7. The number of sulfonamides is 1. The van der Waals surface area contributed by atoms with Gasteiger partial charge in [-0.05, 0) is 53.6 Å². The highest BCUT2D eigenvalue weighted by molar-refractivity contribution is 7.89. The molecule has 1 N–H and O–H groups in total. The molecule has 1 aliphatic heterocycles. The van der Waals surface area contributed by atoms with Crippen LogP contribution in [0.3, 0.4) is 0 Å². The van der Waals surface area contributed by atoms with Crippen LogP contribution in [0.1, 0.15) is 41.5 Å². The fourth-order valence-electron chi connectivity index (χ4n) is 5.54. The van der Waals surface area contributed by atoms with E-state index < -0.39 is 16.1 Å². The van der Waals surface area contributed by atoms with Crippen LogP contribution in [0.4, 0.5) is 0 Å². The van der Waals surface area contributed by atoms with E-state index in [2.05, 4.69) is 5.32 Å². The summed E-state index contributed by atoms with van der Waals surface area (Å²) < 4.78 is 27.4. The molecule has 4 aromatic carbocycles. The van der Waals surface area contributed by atoms with Gasteiger partial charge in [0, 0.05) is 39.0 Å². The van der Waals surface area contributed by atoms with Gasteiger partial charge in [-0.15, -0.1) is 0 Å². The number of hydrogen-bond donors (Lipinski definition) is 1. The first-order chi connectivity index (χ1) is 21.4. The number of amides is 2. The van der Waals surface area contributed by atoms with Gasteiger partial charge in [0.1, 0.15) is 6.04 Å². The Balaban J connectivity index is 1.35. The molecule has 1 saturated heterocycles. The number of nitrogens with one attached hydrogen (secondary N) is 1. The molecule has 0 bridgehead atoms. The Morgan fingerprint density at radius 3 is 1.84 bits per heavy atom. The van der Waals surface area contributed by atoms with Crippen LogP contribution in [-0.4, -0.2) is 48.6 Å². The number of rotatable bonds is 13. The summed E-state index contributed by atoms with van der Waals surface area (Å²) in [6.07, 6.45) is 2.76. The second kappa shape index (κ2) is 14.9. The van der Waals surface area contributed by atoms with Gasteiger partial charge in [-0.25, -0.2) is 8.42 Å². The molecule has 0 spiro atoms. The van der Waals surface area contributed by atoms with E-state index >= 15 is 0 Å². The smallest absolute Gasteiger partial charge is 0.243 e. The molecule has 1 atom stereocenters. The molecular weight excluding hydrogens is 570 g/mol. The molecule has 0 saturated carbocycles. The summed E-state index contributed by atoms with van der Waals surface area (Å²) in [5, 5.41) is 3.06. The van der Waals surface area contributed by atoms with E-state index in [-0.39, 0.29) is 23.1 Å². The average Bonchev–Trinajstić information content (AvgIpc) is 3.62. The lowest BCUT2D eigenvalue weighted by molar-refractivity contribution is -0.141. The lowest BCUT2D eigenvalue weighted by atomic mass is 10.0. The highest BCUT2D eigenvalue weighted by Gasteiger charge is 2.30. The number of benzene rings is 4. The lowest BCUT2D eigenvalue weighted by Gasteiger charge is -2.31. The molecular formula is C36H39N3O4S. The summed E-state index contributed by atoms with van der Waals surface area (Å²) in [5.41, 5.74) is 3.75. The molecule has 2 amide bonds. The summed E-state index contributed by atoms with van der Waals surface area (Å²) in [6, 6.07) is 35.3. The minimum absolute atomic E-state index is 0.140. The SMILES string of the molecule is O=C(NCc1ccccc1)[C@@H](Cc1ccccc1)N(Cc1ccccc1)C(=O)CCc1ccc(S(=O)(=O)N2CCCC2)cc1. The van der Waals surface area contributed by atoms with Crippen molar-refractivity contribution >= 4 is 21.8 Å². The van der Waals surface area contributed by atoms with Crippen molar-refractivity contribution < 1.29 is 18.0 Å². The van der Waals surface area contributed by atoms with Crippen molar-refractivity contribution in [2.75, 3.05) is 13.1 Å². The Labute approximate surface area is 260 Å². The molecule has 0 unspecified atom stereocenters. The van der Waals surface area contributed by atoms with Gasteiger partial charge >= 0.3 is 0 Å². The van der Waals surface area contributed by atoms with E-state index in [0.717, 1.165) is 35.1 Å². The molecule has 5 rings (SSSR count). The average molecular weight is 610 g/mol. The van der Waals surface area contributed by atoms with Gasteiger partial charge in [0.05, 0.1) is 4.90 Å². The summed E-state index contributed by atoms with van der Waals surface area (Å²) in [5.74, 6) is -0.350. The monoisotopic (exact) mass is 609 g/mol. The number of hydrogen-bond acceptors (Lipinski definition) is 4. The molecule has 44 heavy (non-hydrogen) atoms. The Morgan fingerprint density at radius 1 is 0.705 bits per heavy atom. The van der Waals surface area contributed by atoms with E-state index in [4.69, 9.17) is 0 Å². The summed E-state index contributed by atoms with van der Waals surface area (Å²) >= 11 is 0. The highest BCUT2D eigenvalue weighted by atomic mass is 32.2. The first-order valence-electron chi connectivity index (χ1n) is 15.2. The normalized spacial score (nSPS) is 14.2. The molecule has 4 aromatic rings. The molecule has 228 valence electrons. The maximum absolute atomic E-state index is 14.0. The van der Waals surface area contributed by atoms with E-state index in [1.165, 1.54) is 4.31 Å². The van der Waals surface area contributed by atoms with Crippen LogP contribution in [0.25, 0.3) is 0 Å². The second-order valence-corrected chi connectivity index (χ2v) is 13.1. The fraction of sp³-hybridized carbons (Fsp3) is 0.278. The standard InChI is InChI=1S/C36H39N3O4S/c40-35(23-20-29-18-21-33(22-19-29)44(42,43)38-24-10-11-25-38)39(28-32-16-8-3-9-17-32)34(26-30-12-4-1-5-13-30)36(41)37-27-31-14-6-2-7-15-31/h1-9,12-19,21-22,34H,10-11,20,23-28H2,(H,37,41)/t34-/m1/s1. The summed E-state index contributed by atoms with van der Waals surface area (Å²) in [7, 11) is -3.50. The topological polar surface area (TPSA) is 86.8 Å². The maximum atomic E-state index is 14.0. The van der Waals surface area contributed by atoms with Gasteiger partial charge in [-0.2, -0.15) is 4.31 Å². The van der Waals surface area contributed by atoms with E-state index in [1.54, 1.807) is 29.2 Å². The van der Waals surface area contributed by atoms with Crippen LogP contribution in [0.15, 0.2) is 120 Å². The van der Waals surface area contributed by atoms with Crippen molar-refractivity contribution in [2.24, 2.45) is 0 Å². The zero-order valence-electron chi connectivity index (χ0n) is 24.8. The van der Waals surface area contributed by atoms with Crippen LogP contribution < -0.4 is 5.32 Å². The molecule has 8 heteroatoms. The summed E-state index contributed by atoms with van der Waals surface area (Å²) in [6.45, 7) is 1.77. The molecule has 0 radical (unpaired) electrons. The predicted octanol–water partition coefficient (Wildman–Crippen LogP) is 5.36. The molecule has 0 aliphatic carbocycles. The van der Waals surface area contributed by atoms with Crippen molar-refractivity contribution in [3.05, 3.63) is 138 Å². The Morgan fingerprint density at radius 2 is 1.25 bits per heavy atom. The van der Waals surface area contributed by atoms with Gasteiger partial charge < -0.3 is 10.2 Å².